The van der Waals surface area contributed by atoms with Gasteiger partial charge in [0.05, 0.1) is 13.7 Å². The lowest BCUT2D eigenvalue weighted by molar-refractivity contribution is -0.122. The molecule has 1 fully saturated rings. The summed E-state index contributed by atoms with van der Waals surface area (Å²) in [5.74, 6) is 0.886. The predicted octanol–water partition coefficient (Wildman–Crippen LogP) is 2.36. The van der Waals surface area contributed by atoms with Crippen LogP contribution >= 0.6 is 0 Å². The molecule has 1 aliphatic rings. The van der Waals surface area contributed by atoms with Crippen molar-refractivity contribution in [2.45, 2.75) is 38.6 Å². The van der Waals surface area contributed by atoms with Gasteiger partial charge in [-0.05, 0) is 37.8 Å². The molecule has 1 aromatic carbocycles. The summed E-state index contributed by atoms with van der Waals surface area (Å²) in [4.78, 5) is 25.3. The Morgan fingerprint density at radius 1 is 1.25 bits per heavy atom. The molecule has 1 N–H and O–H groups in total. The van der Waals surface area contributed by atoms with Gasteiger partial charge < -0.3 is 19.7 Å². The molecule has 1 heterocycles. The highest BCUT2D eigenvalue weighted by Crippen LogP contribution is 2.19. The van der Waals surface area contributed by atoms with Gasteiger partial charge in [0.15, 0.2) is 0 Å². The number of carbonyl (C=O) groups excluding carboxylic acids is 2. The molecule has 0 spiro atoms. The normalized spacial score (nSPS) is 15.0. The van der Waals surface area contributed by atoms with E-state index in [0.717, 1.165) is 24.2 Å². The number of nitrogens with zero attached hydrogens (tertiary/aromatic N) is 1. The van der Waals surface area contributed by atoms with Gasteiger partial charge in [0.25, 0.3) is 0 Å². The van der Waals surface area contributed by atoms with Crippen LogP contribution in [0.3, 0.4) is 0 Å². The van der Waals surface area contributed by atoms with E-state index in [9.17, 15) is 9.59 Å². The predicted molar refractivity (Wildman–Crippen MR) is 91.1 cm³/mol. The first-order chi connectivity index (χ1) is 11.6. The molecule has 0 radical (unpaired) electrons. The number of amides is 2. The maximum Gasteiger partial charge on any atom is 0.409 e. The van der Waals surface area contributed by atoms with Crippen molar-refractivity contribution in [1.82, 2.24) is 10.2 Å². The number of hydrogen-bond donors (Lipinski definition) is 1. The Bertz CT molecular complexity index is 554. The van der Waals surface area contributed by atoms with E-state index < -0.39 is 0 Å². The highest BCUT2D eigenvalue weighted by atomic mass is 16.5. The first kappa shape index (κ1) is 18.1. The summed E-state index contributed by atoms with van der Waals surface area (Å²) in [7, 11) is 1.39. The topological polar surface area (TPSA) is 67.9 Å². The smallest absolute Gasteiger partial charge is 0.409 e. The van der Waals surface area contributed by atoms with E-state index in [-0.39, 0.29) is 18.0 Å². The van der Waals surface area contributed by atoms with Crippen molar-refractivity contribution in [3.8, 4) is 5.75 Å². The highest BCUT2D eigenvalue weighted by molar-refractivity contribution is 5.76. The van der Waals surface area contributed by atoms with Crippen LogP contribution in [0, 0.1) is 0 Å². The lowest BCUT2D eigenvalue weighted by atomic mass is 10.0. The number of carbonyl (C=O) groups is 2. The van der Waals surface area contributed by atoms with Crippen LogP contribution in [0.2, 0.25) is 0 Å². The van der Waals surface area contributed by atoms with Crippen LogP contribution in [0.4, 0.5) is 4.79 Å². The minimum absolute atomic E-state index is 0.0396. The molecular weight excluding hydrogens is 308 g/mol. The summed E-state index contributed by atoms with van der Waals surface area (Å²) < 4.78 is 10.3. The van der Waals surface area contributed by atoms with Crippen molar-refractivity contribution in [2.75, 3.05) is 26.8 Å². The number of para-hydroxylation sites is 1. The SMILES string of the molecule is CCOc1ccccc1CCC(=O)NC1CCN(C(=O)OC)CC1. The zero-order chi connectivity index (χ0) is 17.4. The number of methoxy groups -OCH3 is 1. The monoisotopic (exact) mass is 334 g/mol. The van der Waals surface area contributed by atoms with E-state index in [1.165, 1.54) is 7.11 Å². The summed E-state index contributed by atoms with van der Waals surface area (Å²) >= 11 is 0. The van der Waals surface area contributed by atoms with E-state index in [1.54, 1.807) is 4.90 Å². The average Bonchev–Trinajstić information content (AvgIpc) is 2.61. The van der Waals surface area contributed by atoms with Crippen molar-refractivity contribution in [1.29, 1.82) is 0 Å². The van der Waals surface area contributed by atoms with Gasteiger partial charge in [0.2, 0.25) is 5.91 Å². The first-order valence-corrected chi connectivity index (χ1v) is 8.47. The minimum atomic E-state index is -0.299. The summed E-state index contributed by atoms with van der Waals surface area (Å²) in [5, 5.41) is 3.06. The van der Waals surface area contributed by atoms with Gasteiger partial charge >= 0.3 is 6.09 Å². The van der Waals surface area contributed by atoms with Crippen LogP contribution in [-0.4, -0.2) is 49.7 Å². The zero-order valence-electron chi connectivity index (χ0n) is 14.4. The Morgan fingerprint density at radius 2 is 1.96 bits per heavy atom. The van der Waals surface area contributed by atoms with Crippen LogP contribution in [0.5, 0.6) is 5.75 Å². The lowest BCUT2D eigenvalue weighted by Crippen LogP contribution is -2.46. The van der Waals surface area contributed by atoms with Crippen molar-refractivity contribution in [3.05, 3.63) is 29.8 Å². The Labute approximate surface area is 143 Å². The van der Waals surface area contributed by atoms with Crippen LogP contribution in [0.1, 0.15) is 31.7 Å². The molecule has 0 aliphatic carbocycles. The van der Waals surface area contributed by atoms with Crippen molar-refractivity contribution in [3.63, 3.8) is 0 Å². The van der Waals surface area contributed by atoms with Gasteiger partial charge in [-0.2, -0.15) is 0 Å². The standard InChI is InChI=1S/C18H26N2O4/c1-3-24-16-7-5-4-6-14(16)8-9-17(21)19-15-10-12-20(13-11-15)18(22)23-2/h4-7,15H,3,8-13H2,1-2H3,(H,19,21). The molecule has 0 aromatic heterocycles. The number of benzene rings is 1. The molecule has 24 heavy (non-hydrogen) atoms. The number of hydrogen-bond acceptors (Lipinski definition) is 4. The molecule has 1 aliphatic heterocycles. The first-order valence-electron chi connectivity index (χ1n) is 8.47. The fraction of sp³-hybridized carbons (Fsp3) is 0.556. The second-order valence-electron chi connectivity index (χ2n) is 5.84. The lowest BCUT2D eigenvalue weighted by Gasteiger charge is -2.31. The number of likely N-dealkylation sites (tertiary alicyclic amines) is 1. The number of nitrogens with one attached hydrogen (secondary N) is 1. The molecule has 0 unspecified atom stereocenters. The Hall–Kier alpha value is -2.24. The van der Waals surface area contributed by atoms with Crippen LogP contribution in [-0.2, 0) is 16.0 Å². The van der Waals surface area contributed by atoms with Crippen molar-refractivity contribution < 1.29 is 19.1 Å². The molecule has 0 bridgehead atoms. The summed E-state index contributed by atoms with van der Waals surface area (Å²) in [5.41, 5.74) is 1.05. The van der Waals surface area contributed by atoms with E-state index >= 15 is 0 Å². The molecular formula is C18H26N2O4. The van der Waals surface area contributed by atoms with E-state index in [1.807, 2.05) is 31.2 Å². The number of rotatable bonds is 6. The molecule has 2 rings (SSSR count). The number of piperidine rings is 1. The van der Waals surface area contributed by atoms with Crippen LogP contribution < -0.4 is 10.1 Å². The Kier molecular flexibility index (Phi) is 6.90. The molecule has 132 valence electrons. The molecule has 0 saturated carbocycles. The van der Waals surface area contributed by atoms with Crippen molar-refractivity contribution in [2.24, 2.45) is 0 Å². The highest BCUT2D eigenvalue weighted by Gasteiger charge is 2.24. The summed E-state index contributed by atoms with van der Waals surface area (Å²) in [6, 6.07) is 7.94. The second kappa shape index (κ2) is 9.15. The largest absolute Gasteiger partial charge is 0.494 e. The van der Waals surface area contributed by atoms with E-state index in [2.05, 4.69) is 5.32 Å². The third-order valence-corrected chi connectivity index (χ3v) is 4.19. The summed E-state index contributed by atoms with van der Waals surface area (Å²) in [6.45, 7) is 3.79. The fourth-order valence-electron chi connectivity index (χ4n) is 2.89. The molecule has 1 aromatic rings. The molecule has 6 heteroatoms. The van der Waals surface area contributed by atoms with Crippen molar-refractivity contribution >= 4 is 12.0 Å². The molecule has 0 atom stereocenters. The maximum atomic E-state index is 12.2. The third kappa shape index (κ3) is 5.15. The van der Waals surface area contributed by atoms with Crippen LogP contribution in [0.15, 0.2) is 24.3 Å². The van der Waals surface area contributed by atoms with Gasteiger partial charge in [-0.15, -0.1) is 0 Å². The summed E-state index contributed by atoms with van der Waals surface area (Å²) in [6.07, 6.45) is 2.31. The fourth-order valence-corrected chi connectivity index (χ4v) is 2.89. The second-order valence-corrected chi connectivity index (χ2v) is 5.84. The Morgan fingerprint density at radius 3 is 2.62 bits per heavy atom. The van der Waals surface area contributed by atoms with Gasteiger partial charge in [0.1, 0.15) is 5.75 Å². The molecule has 1 saturated heterocycles. The van der Waals surface area contributed by atoms with E-state index in [0.29, 0.717) is 32.5 Å². The van der Waals surface area contributed by atoms with Gasteiger partial charge in [-0.3, -0.25) is 4.79 Å². The number of ether oxygens (including phenoxy) is 2. The third-order valence-electron chi connectivity index (χ3n) is 4.19. The minimum Gasteiger partial charge on any atom is -0.494 e. The van der Waals surface area contributed by atoms with Gasteiger partial charge in [0, 0.05) is 25.6 Å². The Balaban J connectivity index is 1.75. The average molecular weight is 334 g/mol. The van der Waals surface area contributed by atoms with E-state index in [4.69, 9.17) is 9.47 Å². The zero-order valence-corrected chi connectivity index (χ0v) is 14.4. The molecule has 6 nitrogen and oxygen atoms in total. The molecule has 2 amide bonds. The quantitative estimate of drug-likeness (QED) is 0.867. The maximum absolute atomic E-state index is 12.2. The van der Waals surface area contributed by atoms with Crippen LogP contribution in [0.25, 0.3) is 0 Å². The van der Waals surface area contributed by atoms with Gasteiger partial charge in [-0.25, -0.2) is 4.79 Å². The number of aryl methyl sites for hydroxylation is 1. The van der Waals surface area contributed by atoms with Gasteiger partial charge in [-0.1, -0.05) is 18.2 Å².